The minimum absolute atomic E-state index is 0.218. The third-order valence-electron chi connectivity index (χ3n) is 2.55. The van der Waals surface area contributed by atoms with Crippen LogP contribution in [-0.4, -0.2) is 15.2 Å². The van der Waals surface area contributed by atoms with Crippen molar-refractivity contribution in [1.82, 2.24) is 9.78 Å². The van der Waals surface area contributed by atoms with Crippen LogP contribution in [0.15, 0.2) is 0 Å². The topological polar surface area (TPSA) is 17.8 Å². The van der Waals surface area contributed by atoms with E-state index in [0.29, 0.717) is 5.92 Å². The fourth-order valence-electron chi connectivity index (χ4n) is 1.89. The fourth-order valence-corrected chi connectivity index (χ4v) is 2.45. The van der Waals surface area contributed by atoms with Gasteiger partial charge in [0.2, 0.25) is 0 Å². The molecule has 1 aromatic heterocycles. The lowest BCUT2D eigenvalue weighted by atomic mass is 9.97. The van der Waals surface area contributed by atoms with E-state index in [1.54, 1.807) is 4.68 Å². The van der Waals surface area contributed by atoms with Crippen molar-refractivity contribution in [2.75, 3.05) is 0 Å². The highest BCUT2D eigenvalue weighted by Gasteiger charge is 2.15. The van der Waals surface area contributed by atoms with Gasteiger partial charge in [0, 0.05) is 18.0 Å². The van der Waals surface area contributed by atoms with Gasteiger partial charge in [-0.2, -0.15) is 5.10 Å². The molecule has 0 bridgehead atoms. The first-order chi connectivity index (χ1) is 6.91. The van der Waals surface area contributed by atoms with Gasteiger partial charge in [-0.05, 0) is 32.6 Å². The number of nitrogens with zero attached hydrogens (tertiary/aromatic N) is 2. The van der Waals surface area contributed by atoms with Crippen LogP contribution in [0, 0.1) is 12.8 Å². The number of aromatic nitrogens is 2. The molecular weight excluding hydrogens is 231 g/mol. The molecule has 0 aliphatic carbocycles. The number of rotatable bonds is 4. The summed E-state index contributed by atoms with van der Waals surface area (Å²) in [6.45, 7) is 6.22. The SMILES string of the molecule is Cc1nn(C)c(Cl)c1CC(C)CC(C)Cl. The molecule has 0 amide bonds. The Labute approximate surface area is 102 Å². The summed E-state index contributed by atoms with van der Waals surface area (Å²) < 4.78 is 1.73. The Balaban J connectivity index is 2.71. The molecule has 0 N–H and O–H groups in total. The van der Waals surface area contributed by atoms with Crippen molar-refractivity contribution in [3.05, 3.63) is 16.4 Å². The third-order valence-corrected chi connectivity index (χ3v) is 3.20. The predicted molar refractivity (Wildman–Crippen MR) is 65.8 cm³/mol. The molecule has 0 spiro atoms. The molecule has 1 rings (SSSR count). The van der Waals surface area contributed by atoms with E-state index in [1.807, 2.05) is 20.9 Å². The van der Waals surface area contributed by atoms with E-state index >= 15 is 0 Å². The molecule has 2 unspecified atom stereocenters. The molecule has 86 valence electrons. The van der Waals surface area contributed by atoms with Gasteiger partial charge < -0.3 is 0 Å². The van der Waals surface area contributed by atoms with Crippen LogP contribution >= 0.6 is 23.2 Å². The van der Waals surface area contributed by atoms with Gasteiger partial charge in [-0.15, -0.1) is 11.6 Å². The van der Waals surface area contributed by atoms with E-state index in [9.17, 15) is 0 Å². The average Bonchev–Trinajstić information content (AvgIpc) is 2.31. The van der Waals surface area contributed by atoms with Crippen LogP contribution in [0.5, 0.6) is 0 Å². The molecule has 0 aromatic carbocycles. The van der Waals surface area contributed by atoms with E-state index in [1.165, 1.54) is 0 Å². The Morgan fingerprint density at radius 1 is 1.40 bits per heavy atom. The van der Waals surface area contributed by atoms with Gasteiger partial charge in [0.25, 0.3) is 0 Å². The zero-order chi connectivity index (χ0) is 11.6. The summed E-state index contributed by atoms with van der Waals surface area (Å²) in [5.41, 5.74) is 2.18. The highest BCUT2D eigenvalue weighted by Crippen LogP contribution is 2.24. The minimum Gasteiger partial charge on any atom is -0.257 e. The molecule has 0 fully saturated rings. The molecule has 4 heteroatoms. The lowest BCUT2D eigenvalue weighted by Crippen LogP contribution is -2.06. The normalized spacial score (nSPS) is 15.3. The Kier molecular flexibility index (Phi) is 4.47. The van der Waals surface area contributed by atoms with Gasteiger partial charge in [0.15, 0.2) is 0 Å². The molecule has 15 heavy (non-hydrogen) atoms. The van der Waals surface area contributed by atoms with Crippen LogP contribution in [0.4, 0.5) is 0 Å². The van der Waals surface area contributed by atoms with Crippen molar-refractivity contribution < 1.29 is 0 Å². The molecule has 2 nitrogen and oxygen atoms in total. The van der Waals surface area contributed by atoms with E-state index in [2.05, 4.69) is 12.0 Å². The first-order valence-electron chi connectivity index (χ1n) is 5.23. The van der Waals surface area contributed by atoms with Gasteiger partial charge in [-0.25, -0.2) is 0 Å². The zero-order valence-corrected chi connectivity index (χ0v) is 11.2. The van der Waals surface area contributed by atoms with Crippen molar-refractivity contribution in [2.45, 2.75) is 39.0 Å². The summed E-state index contributed by atoms with van der Waals surface area (Å²) in [6.07, 6.45) is 1.96. The van der Waals surface area contributed by atoms with Gasteiger partial charge in [-0.1, -0.05) is 18.5 Å². The van der Waals surface area contributed by atoms with Crippen LogP contribution in [0.2, 0.25) is 5.15 Å². The van der Waals surface area contributed by atoms with Crippen molar-refractivity contribution in [2.24, 2.45) is 13.0 Å². The lowest BCUT2D eigenvalue weighted by molar-refractivity contribution is 0.525. The van der Waals surface area contributed by atoms with Gasteiger partial charge in [-0.3, -0.25) is 4.68 Å². The second kappa shape index (κ2) is 5.22. The van der Waals surface area contributed by atoms with Crippen molar-refractivity contribution >= 4 is 23.2 Å². The second-order valence-electron chi connectivity index (χ2n) is 4.30. The monoisotopic (exact) mass is 248 g/mol. The van der Waals surface area contributed by atoms with Crippen LogP contribution in [-0.2, 0) is 13.5 Å². The van der Waals surface area contributed by atoms with Crippen molar-refractivity contribution in [3.63, 3.8) is 0 Å². The van der Waals surface area contributed by atoms with Crippen LogP contribution in [0.25, 0.3) is 0 Å². The van der Waals surface area contributed by atoms with Gasteiger partial charge in [0.1, 0.15) is 5.15 Å². The maximum atomic E-state index is 6.16. The maximum absolute atomic E-state index is 6.16. The minimum atomic E-state index is 0.218. The smallest absolute Gasteiger partial charge is 0.130 e. The summed E-state index contributed by atoms with van der Waals surface area (Å²) >= 11 is 12.1. The van der Waals surface area contributed by atoms with Crippen molar-refractivity contribution in [3.8, 4) is 0 Å². The lowest BCUT2D eigenvalue weighted by Gasteiger charge is -2.12. The molecule has 2 atom stereocenters. The summed E-state index contributed by atoms with van der Waals surface area (Å²) in [6, 6.07) is 0. The van der Waals surface area contributed by atoms with Crippen LogP contribution in [0.1, 0.15) is 31.5 Å². The number of hydrogen-bond acceptors (Lipinski definition) is 1. The Morgan fingerprint density at radius 3 is 2.40 bits per heavy atom. The average molecular weight is 249 g/mol. The largest absolute Gasteiger partial charge is 0.257 e. The summed E-state index contributed by atoms with van der Waals surface area (Å²) in [5.74, 6) is 0.540. The standard InChI is InChI=1S/C11H18Cl2N2/c1-7(5-8(2)12)6-10-9(3)14-15(4)11(10)13/h7-8H,5-6H2,1-4H3. The zero-order valence-electron chi connectivity index (χ0n) is 9.72. The van der Waals surface area contributed by atoms with E-state index in [-0.39, 0.29) is 5.38 Å². The Bertz CT molecular complexity index is 332. The molecule has 0 saturated heterocycles. The molecule has 1 aromatic rings. The third kappa shape index (κ3) is 3.39. The molecule has 0 aliphatic heterocycles. The Hall–Kier alpha value is -0.210. The number of aryl methyl sites for hydroxylation is 2. The first-order valence-corrected chi connectivity index (χ1v) is 6.05. The fraction of sp³-hybridized carbons (Fsp3) is 0.727. The van der Waals surface area contributed by atoms with E-state index < -0.39 is 0 Å². The molecule has 1 heterocycles. The van der Waals surface area contributed by atoms with Gasteiger partial charge in [0.05, 0.1) is 5.69 Å². The molecule has 0 saturated carbocycles. The summed E-state index contributed by atoms with van der Waals surface area (Å²) in [5, 5.41) is 5.26. The van der Waals surface area contributed by atoms with Crippen LogP contribution < -0.4 is 0 Å². The molecule has 0 aliphatic rings. The maximum Gasteiger partial charge on any atom is 0.130 e. The molecular formula is C11H18Cl2N2. The number of hydrogen-bond donors (Lipinski definition) is 0. The summed E-state index contributed by atoms with van der Waals surface area (Å²) in [7, 11) is 1.87. The highest BCUT2D eigenvalue weighted by atomic mass is 35.5. The van der Waals surface area contributed by atoms with Crippen molar-refractivity contribution in [1.29, 1.82) is 0 Å². The Morgan fingerprint density at radius 2 is 2.00 bits per heavy atom. The quantitative estimate of drug-likeness (QED) is 0.746. The second-order valence-corrected chi connectivity index (χ2v) is 5.41. The first kappa shape index (κ1) is 12.9. The molecule has 0 radical (unpaired) electrons. The van der Waals surface area contributed by atoms with Crippen LogP contribution in [0.3, 0.4) is 0 Å². The van der Waals surface area contributed by atoms with E-state index in [0.717, 1.165) is 29.3 Å². The number of alkyl halides is 1. The number of halogens is 2. The highest BCUT2D eigenvalue weighted by molar-refractivity contribution is 6.30. The van der Waals surface area contributed by atoms with E-state index in [4.69, 9.17) is 23.2 Å². The summed E-state index contributed by atoms with van der Waals surface area (Å²) in [4.78, 5) is 0. The predicted octanol–water partition coefficient (Wildman–Crippen LogP) is 3.58. The van der Waals surface area contributed by atoms with Gasteiger partial charge >= 0.3 is 0 Å².